The van der Waals surface area contributed by atoms with Gasteiger partial charge in [0, 0.05) is 33.0 Å². The third-order valence-corrected chi connectivity index (χ3v) is 6.02. The van der Waals surface area contributed by atoms with Crippen LogP contribution in [0.1, 0.15) is 116 Å². The van der Waals surface area contributed by atoms with Gasteiger partial charge in [0.2, 0.25) is 0 Å². The van der Waals surface area contributed by atoms with Crippen LogP contribution in [0.5, 0.6) is 0 Å². The maximum absolute atomic E-state index is 12.0. The van der Waals surface area contributed by atoms with E-state index in [1.54, 1.807) is 7.11 Å². The van der Waals surface area contributed by atoms with Crippen LogP contribution in [0, 0.1) is 0 Å². The highest BCUT2D eigenvalue weighted by molar-refractivity contribution is 5.78. The van der Waals surface area contributed by atoms with Crippen LogP contribution in [0.15, 0.2) is 0 Å². The summed E-state index contributed by atoms with van der Waals surface area (Å²) in [7, 11) is 1.55. The van der Waals surface area contributed by atoms with Gasteiger partial charge in [-0.3, -0.25) is 19.2 Å². The van der Waals surface area contributed by atoms with Gasteiger partial charge >= 0.3 is 5.97 Å². The summed E-state index contributed by atoms with van der Waals surface area (Å²) >= 11 is 0. The summed E-state index contributed by atoms with van der Waals surface area (Å²) in [5.74, 6) is -0.725. The molecule has 1 amide bonds. The van der Waals surface area contributed by atoms with Crippen LogP contribution in [0.2, 0.25) is 0 Å². The molecule has 2 N–H and O–H groups in total. The number of carboxylic acids is 1. The zero-order chi connectivity index (χ0) is 27.2. The van der Waals surface area contributed by atoms with Crippen LogP contribution in [0.25, 0.3) is 0 Å². The number of unbranched alkanes of at least 4 members (excludes halogenated alkanes) is 13. The lowest BCUT2D eigenvalue weighted by molar-refractivity contribution is -0.140. The summed E-state index contributed by atoms with van der Waals surface area (Å²) in [5.41, 5.74) is 2.26. The molecule has 0 rings (SSSR count). The number of ether oxygens (including phenoxy) is 3. The van der Waals surface area contributed by atoms with Gasteiger partial charge in [0.1, 0.15) is 12.4 Å². The topological polar surface area (TPSA) is 120 Å². The number of amides is 1. The average molecular weight is 532 g/mol. The predicted octanol–water partition coefficient (Wildman–Crippen LogP) is 5.39. The number of rotatable bonds is 30. The van der Waals surface area contributed by atoms with E-state index < -0.39 is 5.97 Å². The molecule has 0 unspecified atom stereocenters. The van der Waals surface area contributed by atoms with Crippen molar-refractivity contribution in [2.45, 2.75) is 116 Å². The van der Waals surface area contributed by atoms with Crippen molar-refractivity contribution in [1.82, 2.24) is 5.48 Å². The summed E-state index contributed by atoms with van der Waals surface area (Å²) in [6, 6.07) is 0. The molecule has 0 aromatic heterocycles. The Balaban J connectivity index is 3.22. The zero-order valence-electron chi connectivity index (χ0n) is 23.3. The number of carbonyl (C=O) groups is 3. The molecular formula is C28H53NO8. The van der Waals surface area contributed by atoms with Crippen LogP contribution in [0.4, 0.5) is 0 Å². The summed E-state index contributed by atoms with van der Waals surface area (Å²) in [6.07, 6.45) is 18.9. The first-order valence-electron chi connectivity index (χ1n) is 14.3. The Labute approximate surface area is 224 Å². The van der Waals surface area contributed by atoms with Gasteiger partial charge in [-0.15, -0.1) is 0 Å². The maximum Gasteiger partial charge on any atom is 0.303 e. The van der Waals surface area contributed by atoms with Gasteiger partial charge in [-0.1, -0.05) is 77.0 Å². The first-order valence-corrected chi connectivity index (χ1v) is 14.3. The van der Waals surface area contributed by atoms with E-state index in [1.807, 2.05) is 0 Å². The summed E-state index contributed by atoms with van der Waals surface area (Å²) in [6.45, 7) is 1.83. The molecule has 0 spiro atoms. The predicted molar refractivity (Wildman–Crippen MR) is 143 cm³/mol. The first-order chi connectivity index (χ1) is 18.1. The lowest BCUT2D eigenvalue weighted by Gasteiger charge is -2.07. The van der Waals surface area contributed by atoms with Gasteiger partial charge in [-0.25, -0.2) is 5.48 Å². The van der Waals surface area contributed by atoms with Crippen molar-refractivity contribution in [2.24, 2.45) is 0 Å². The number of carboxylic acid groups (broad SMARTS) is 1. The van der Waals surface area contributed by atoms with Gasteiger partial charge in [-0.2, -0.15) is 0 Å². The Morgan fingerprint density at radius 3 is 1.59 bits per heavy atom. The Kier molecular flexibility index (Phi) is 27.8. The molecule has 218 valence electrons. The number of hydrogen-bond acceptors (Lipinski definition) is 7. The lowest BCUT2D eigenvalue weighted by Crippen LogP contribution is -2.29. The second-order valence-corrected chi connectivity index (χ2v) is 9.52. The molecule has 0 saturated heterocycles. The molecule has 0 saturated carbocycles. The number of Topliss-reactive ketones (excluding diaryl/α,β-unsaturated/α-hetero) is 1. The van der Waals surface area contributed by atoms with Crippen molar-refractivity contribution in [1.29, 1.82) is 0 Å². The van der Waals surface area contributed by atoms with Crippen molar-refractivity contribution in [3.63, 3.8) is 0 Å². The fraction of sp³-hybridized carbons (Fsp3) is 0.893. The Morgan fingerprint density at radius 2 is 1.05 bits per heavy atom. The van der Waals surface area contributed by atoms with Crippen LogP contribution in [-0.2, 0) is 33.4 Å². The summed E-state index contributed by atoms with van der Waals surface area (Å²) < 4.78 is 15.4. The molecule has 0 radical (unpaired) electrons. The van der Waals surface area contributed by atoms with Crippen molar-refractivity contribution in [3.05, 3.63) is 0 Å². The maximum atomic E-state index is 12.0. The largest absolute Gasteiger partial charge is 0.481 e. The van der Waals surface area contributed by atoms with Crippen molar-refractivity contribution >= 4 is 17.7 Å². The smallest absolute Gasteiger partial charge is 0.303 e. The second-order valence-electron chi connectivity index (χ2n) is 9.52. The Hall–Kier alpha value is -1.55. The van der Waals surface area contributed by atoms with Gasteiger partial charge in [0.15, 0.2) is 0 Å². The lowest BCUT2D eigenvalue weighted by atomic mass is 10.0. The molecule has 9 heteroatoms. The van der Waals surface area contributed by atoms with E-state index in [0.29, 0.717) is 51.5 Å². The number of aliphatic carboxylic acids is 1. The molecule has 0 heterocycles. The van der Waals surface area contributed by atoms with Crippen LogP contribution in [0.3, 0.4) is 0 Å². The number of hydroxylamine groups is 1. The summed E-state index contributed by atoms with van der Waals surface area (Å²) in [5, 5.41) is 8.60. The van der Waals surface area contributed by atoms with Crippen LogP contribution >= 0.6 is 0 Å². The van der Waals surface area contributed by atoms with E-state index in [0.717, 1.165) is 38.5 Å². The minimum absolute atomic E-state index is 0.0885. The minimum Gasteiger partial charge on any atom is -0.481 e. The average Bonchev–Trinajstić information content (AvgIpc) is 2.87. The van der Waals surface area contributed by atoms with Crippen molar-refractivity contribution < 1.29 is 38.5 Å². The molecule has 0 aromatic carbocycles. The summed E-state index contributed by atoms with van der Waals surface area (Å²) in [4.78, 5) is 38.7. The molecule has 37 heavy (non-hydrogen) atoms. The highest BCUT2D eigenvalue weighted by atomic mass is 16.7. The third-order valence-electron chi connectivity index (χ3n) is 6.02. The van der Waals surface area contributed by atoms with Crippen molar-refractivity contribution in [2.75, 3.05) is 46.8 Å². The fourth-order valence-corrected chi connectivity index (χ4v) is 3.89. The number of methoxy groups -OCH3 is 1. The number of nitrogens with one attached hydrogen (secondary N) is 1. The minimum atomic E-state index is -0.683. The molecule has 0 fully saturated rings. The van der Waals surface area contributed by atoms with E-state index in [2.05, 4.69) is 5.48 Å². The number of ketones is 1. The number of carbonyl (C=O) groups excluding carboxylic acids is 2. The monoisotopic (exact) mass is 531 g/mol. The molecule has 0 aliphatic carbocycles. The highest BCUT2D eigenvalue weighted by Gasteiger charge is 2.03. The second kappa shape index (κ2) is 29.0. The first kappa shape index (κ1) is 35.5. The van der Waals surface area contributed by atoms with E-state index in [1.165, 1.54) is 57.8 Å². The standard InChI is InChI=1S/C28H53NO8/c1-34-21-24-37-29-27(31)25-36-23-22-35-20-16-18-26(30)17-14-12-10-8-6-4-2-3-5-7-9-11-13-15-19-28(32)33/h2-25H2,1H3,(H,29,31)(H,32,33). The van der Waals surface area contributed by atoms with E-state index in [4.69, 9.17) is 24.2 Å². The molecular weight excluding hydrogens is 478 g/mol. The van der Waals surface area contributed by atoms with E-state index in [9.17, 15) is 14.4 Å². The van der Waals surface area contributed by atoms with Gasteiger partial charge in [0.25, 0.3) is 5.91 Å². The fourth-order valence-electron chi connectivity index (χ4n) is 3.89. The van der Waals surface area contributed by atoms with Gasteiger partial charge < -0.3 is 19.3 Å². The van der Waals surface area contributed by atoms with Gasteiger partial charge in [-0.05, 0) is 19.3 Å². The molecule has 0 aliphatic rings. The molecule has 0 atom stereocenters. The molecule has 9 nitrogen and oxygen atoms in total. The van der Waals surface area contributed by atoms with E-state index in [-0.39, 0.29) is 19.1 Å². The van der Waals surface area contributed by atoms with Crippen molar-refractivity contribution in [3.8, 4) is 0 Å². The quantitative estimate of drug-likeness (QED) is 0.0935. The SMILES string of the molecule is COCCONC(=O)COCCOCCCC(=O)CCCCCCCCCCCCCCCCC(=O)O. The Morgan fingerprint density at radius 1 is 0.568 bits per heavy atom. The number of hydrogen-bond donors (Lipinski definition) is 2. The van der Waals surface area contributed by atoms with Gasteiger partial charge in [0.05, 0.1) is 26.4 Å². The molecule has 0 bridgehead atoms. The zero-order valence-corrected chi connectivity index (χ0v) is 23.3. The molecule has 0 aromatic rings. The molecule has 0 aliphatic heterocycles. The highest BCUT2D eigenvalue weighted by Crippen LogP contribution is 2.14. The van der Waals surface area contributed by atoms with Crippen LogP contribution in [-0.4, -0.2) is 69.5 Å². The third kappa shape index (κ3) is 30.6. The Bertz CT molecular complexity index is 544. The van der Waals surface area contributed by atoms with Crippen LogP contribution < -0.4 is 5.48 Å². The van der Waals surface area contributed by atoms with E-state index >= 15 is 0 Å². The normalized spacial score (nSPS) is 11.1.